The van der Waals surface area contributed by atoms with Crippen LogP contribution in [0.15, 0.2) is 18.2 Å². The second-order valence-electron chi connectivity index (χ2n) is 3.39. The Morgan fingerprint density at radius 2 is 2.29 bits per heavy atom. The lowest BCUT2D eigenvalue weighted by Crippen LogP contribution is -2.16. The number of nitro benzene ring substituents is 1. The summed E-state index contributed by atoms with van der Waals surface area (Å²) in [7, 11) is 1.21. The molecule has 0 fully saturated rings. The maximum absolute atomic E-state index is 11.0. The Kier molecular flexibility index (Phi) is 4.00. The summed E-state index contributed by atoms with van der Waals surface area (Å²) in [4.78, 5) is 21.0. The monoisotopic (exact) mass is 240 g/mol. The van der Waals surface area contributed by atoms with Crippen LogP contribution in [0, 0.1) is 10.1 Å². The topological polar surface area (TPSA) is 116 Å². The number of phenolic OH excluding ortho intramolecular Hbond substituents is 1. The molecule has 1 aromatic rings. The fourth-order valence-electron chi connectivity index (χ4n) is 1.33. The predicted molar refractivity (Wildman–Crippen MR) is 58.3 cm³/mol. The Morgan fingerprint density at radius 1 is 1.65 bits per heavy atom. The second-order valence-corrected chi connectivity index (χ2v) is 3.39. The molecule has 7 nitrogen and oxygen atoms in total. The lowest BCUT2D eigenvalue weighted by atomic mass is 10.0. The van der Waals surface area contributed by atoms with E-state index < -0.39 is 16.9 Å². The molecule has 0 saturated heterocycles. The lowest BCUT2D eigenvalue weighted by molar-refractivity contribution is -0.385. The van der Waals surface area contributed by atoms with Crippen molar-refractivity contribution in [2.24, 2.45) is 5.73 Å². The fourth-order valence-corrected chi connectivity index (χ4v) is 1.33. The first-order valence-electron chi connectivity index (χ1n) is 4.75. The van der Waals surface area contributed by atoms with Crippen molar-refractivity contribution in [1.29, 1.82) is 0 Å². The number of aromatic hydroxyl groups is 1. The molecule has 0 spiro atoms. The highest BCUT2D eigenvalue weighted by Crippen LogP contribution is 2.28. The number of hydrogen-bond acceptors (Lipinski definition) is 6. The van der Waals surface area contributed by atoms with Crippen LogP contribution >= 0.6 is 0 Å². The number of rotatable bonds is 4. The summed E-state index contributed by atoms with van der Waals surface area (Å²) in [5, 5.41) is 20.1. The van der Waals surface area contributed by atoms with E-state index in [2.05, 4.69) is 4.74 Å². The molecule has 0 unspecified atom stereocenters. The Bertz CT molecular complexity index is 446. The molecule has 0 aromatic heterocycles. The average molecular weight is 240 g/mol. The van der Waals surface area contributed by atoms with Gasteiger partial charge in [-0.25, -0.2) is 0 Å². The molecule has 92 valence electrons. The van der Waals surface area contributed by atoms with E-state index in [1.807, 2.05) is 0 Å². The normalized spacial score (nSPS) is 11.9. The van der Waals surface area contributed by atoms with E-state index >= 15 is 0 Å². The minimum atomic E-state index is -0.845. The zero-order valence-electron chi connectivity index (χ0n) is 9.12. The van der Waals surface area contributed by atoms with Crippen LogP contribution in [0.1, 0.15) is 18.0 Å². The molecule has 0 aliphatic heterocycles. The Balaban J connectivity index is 2.99. The van der Waals surface area contributed by atoms with Gasteiger partial charge < -0.3 is 15.6 Å². The van der Waals surface area contributed by atoms with Gasteiger partial charge in [0.25, 0.3) is 5.69 Å². The van der Waals surface area contributed by atoms with Gasteiger partial charge in [0.05, 0.1) is 18.5 Å². The molecule has 0 saturated carbocycles. The SMILES string of the molecule is COC(=O)C[C@@H](N)c1cc([N+](=O)[O-])ccc1O. The molecule has 1 atom stereocenters. The van der Waals surface area contributed by atoms with Crippen LogP contribution in [0.25, 0.3) is 0 Å². The van der Waals surface area contributed by atoms with Crippen molar-refractivity contribution >= 4 is 11.7 Å². The summed E-state index contributed by atoms with van der Waals surface area (Å²) < 4.78 is 4.43. The largest absolute Gasteiger partial charge is 0.508 e. The molecule has 1 rings (SSSR count). The van der Waals surface area contributed by atoms with Crippen molar-refractivity contribution in [3.8, 4) is 5.75 Å². The third-order valence-electron chi connectivity index (χ3n) is 2.24. The summed E-state index contributed by atoms with van der Waals surface area (Å²) in [5.74, 6) is -0.740. The van der Waals surface area contributed by atoms with Crippen LogP contribution < -0.4 is 5.73 Å². The van der Waals surface area contributed by atoms with Gasteiger partial charge in [-0.1, -0.05) is 0 Å². The van der Waals surface area contributed by atoms with Gasteiger partial charge in [0.1, 0.15) is 5.75 Å². The standard InChI is InChI=1S/C10H12N2O5/c1-17-10(14)5-8(11)7-4-6(12(15)16)2-3-9(7)13/h2-4,8,13H,5,11H2,1H3/t8-/m1/s1. The Labute approximate surface area is 97.0 Å². The third kappa shape index (κ3) is 3.15. The van der Waals surface area contributed by atoms with Gasteiger partial charge in [0, 0.05) is 23.7 Å². The minimum absolute atomic E-state index is 0.143. The highest BCUT2D eigenvalue weighted by molar-refractivity contribution is 5.70. The van der Waals surface area contributed by atoms with E-state index in [0.29, 0.717) is 0 Å². The van der Waals surface area contributed by atoms with Crippen LogP contribution in [0.2, 0.25) is 0 Å². The average Bonchev–Trinajstić information content (AvgIpc) is 2.28. The van der Waals surface area contributed by atoms with E-state index in [4.69, 9.17) is 5.73 Å². The number of nitro groups is 1. The second kappa shape index (κ2) is 5.26. The predicted octanol–water partition coefficient (Wildman–Crippen LogP) is 0.863. The maximum Gasteiger partial charge on any atom is 0.307 e. The van der Waals surface area contributed by atoms with Gasteiger partial charge in [-0.15, -0.1) is 0 Å². The van der Waals surface area contributed by atoms with Gasteiger partial charge >= 0.3 is 5.97 Å². The van der Waals surface area contributed by atoms with Crippen molar-refractivity contribution in [3.05, 3.63) is 33.9 Å². The van der Waals surface area contributed by atoms with E-state index in [0.717, 1.165) is 12.1 Å². The van der Waals surface area contributed by atoms with E-state index in [1.54, 1.807) is 0 Å². The fraction of sp³-hybridized carbons (Fsp3) is 0.300. The summed E-state index contributed by atoms with van der Waals surface area (Å²) in [6.45, 7) is 0. The highest BCUT2D eigenvalue weighted by atomic mass is 16.6. The van der Waals surface area contributed by atoms with E-state index in [1.165, 1.54) is 13.2 Å². The number of hydrogen-bond donors (Lipinski definition) is 2. The molecule has 0 aliphatic carbocycles. The van der Waals surface area contributed by atoms with Crippen molar-refractivity contribution < 1.29 is 19.6 Å². The molecular formula is C10H12N2O5. The molecular weight excluding hydrogens is 228 g/mol. The van der Waals surface area contributed by atoms with Crippen LogP contribution in [0.4, 0.5) is 5.69 Å². The van der Waals surface area contributed by atoms with Gasteiger partial charge in [-0.3, -0.25) is 14.9 Å². The minimum Gasteiger partial charge on any atom is -0.508 e. The quantitative estimate of drug-likeness (QED) is 0.458. The van der Waals surface area contributed by atoms with Gasteiger partial charge in [-0.05, 0) is 6.07 Å². The number of nitrogens with zero attached hydrogens (tertiary/aromatic N) is 1. The number of phenols is 1. The smallest absolute Gasteiger partial charge is 0.307 e. The summed E-state index contributed by atoms with van der Waals surface area (Å²) in [5.41, 5.74) is 5.60. The van der Waals surface area contributed by atoms with Crippen molar-refractivity contribution in [2.45, 2.75) is 12.5 Å². The van der Waals surface area contributed by atoms with Crippen molar-refractivity contribution in [3.63, 3.8) is 0 Å². The number of carbonyl (C=O) groups is 1. The van der Waals surface area contributed by atoms with Gasteiger partial charge in [0.2, 0.25) is 0 Å². The number of non-ortho nitro benzene ring substituents is 1. The number of benzene rings is 1. The van der Waals surface area contributed by atoms with Crippen LogP contribution in [0.5, 0.6) is 5.75 Å². The van der Waals surface area contributed by atoms with Gasteiger partial charge in [-0.2, -0.15) is 0 Å². The lowest BCUT2D eigenvalue weighted by Gasteiger charge is -2.11. The van der Waals surface area contributed by atoms with Crippen LogP contribution in [-0.4, -0.2) is 23.1 Å². The van der Waals surface area contributed by atoms with Gasteiger partial charge in [0.15, 0.2) is 0 Å². The first kappa shape index (κ1) is 12.9. The molecule has 0 radical (unpaired) electrons. The Morgan fingerprint density at radius 3 is 2.82 bits per heavy atom. The van der Waals surface area contributed by atoms with Crippen molar-refractivity contribution in [2.75, 3.05) is 7.11 Å². The van der Waals surface area contributed by atoms with Crippen LogP contribution in [-0.2, 0) is 9.53 Å². The first-order valence-corrected chi connectivity index (χ1v) is 4.75. The number of methoxy groups -OCH3 is 1. The molecule has 0 amide bonds. The number of carbonyl (C=O) groups excluding carboxylic acids is 1. The summed E-state index contributed by atoms with van der Waals surface area (Å²) in [6.07, 6.45) is -0.161. The summed E-state index contributed by atoms with van der Waals surface area (Å²) >= 11 is 0. The third-order valence-corrected chi connectivity index (χ3v) is 2.24. The molecule has 1 aromatic carbocycles. The number of esters is 1. The first-order chi connectivity index (χ1) is 7.95. The maximum atomic E-state index is 11.0. The zero-order valence-corrected chi connectivity index (χ0v) is 9.12. The molecule has 0 bridgehead atoms. The zero-order chi connectivity index (χ0) is 13.0. The summed E-state index contributed by atoms with van der Waals surface area (Å²) in [6, 6.07) is 2.62. The molecule has 3 N–H and O–H groups in total. The molecule has 7 heteroatoms. The molecule has 0 heterocycles. The van der Waals surface area contributed by atoms with E-state index in [9.17, 15) is 20.0 Å². The number of nitrogens with two attached hydrogens (primary N) is 1. The molecule has 0 aliphatic rings. The number of ether oxygens (including phenoxy) is 1. The molecule has 17 heavy (non-hydrogen) atoms. The van der Waals surface area contributed by atoms with Crippen LogP contribution in [0.3, 0.4) is 0 Å². The van der Waals surface area contributed by atoms with Crippen molar-refractivity contribution in [1.82, 2.24) is 0 Å². The Hall–Kier alpha value is -2.15. The van der Waals surface area contributed by atoms with E-state index in [-0.39, 0.29) is 23.4 Å². The highest BCUT2D eigenvalue weighted by Gasteiger charge is 2.18.